The first-order chi connectivity index (χ1) is 7.61. The molecule has 1 aromatic rings. The van der Waals surface area contributed by atoms with Gasteiger partial charge in [0.15, 0.2) is 0 Å². The second-order valence-corrected chi connectivity index (χ2v) is 3.69. The van der Waals surface area contributed by atoms with Crippen molar-refractivity contribution in [3.05, 3.63) is 11.9 Å². The van der Waals surface area contributed by atoms with Gasteiger partial charge in [0.1, 0.15) is 11.6 Å². The van der Waals surface area contributed by atoms with Crippen LogP contribution in [0.15, 0.2) is 6.07 Å². The van der Waals surface area contributed by atoms with Gasteiger partial charge < -0.3 is 14.8 Å². The van der Waals surface area contributed by atoms with Crippen LogP contribution in [-0.4, -0.2) is 36.3 Å². The van der Waals surface area contributed by atoms with Crippen LogP contribution in [0.1, 0.15) is 19.7 Å². The maximum Gasteiger partial charge on any atom is 0.218 e. The SMILES string of the molecule is COc1cc(NCCOC(C)C)nc(C)n1. The van der Waals surface area contributed by atoms with Crippen molar-refractivity contribution in [3.63, 3.8) is 0 Å². The van der Waals surface area contributed by atoms with Crippen LogP contribution in [0, 0.1) is 6.92 Å². The maximum absolute atomic E-state index is 5.41. The summed E-state index contributed by atoms with van der Waals surface area (Å²) >= 11 is 0. The summed E-state index contributed by atoms with van der Waals surface area (Å²) < 4.78 is 10.5. The molecule has 1 heterocycles. The number of anilines is 1. The number of hydrogen-bond donors (Lipinski definition) is 1. The smallest absolute Gasteiger partial charge is 0.218 e. The van der Waals surface area contributed by atoms with E-state index in [9.17, 15) is 0 Å². The Hall–Kier alpha value is -1.36. The third-order valence-electron chi connectivity index (χ3n) is 1.88. The molecule has 0 aliphatic rings. The minimum absolute atomic E-state index is 0.253. The molecule has 0 amide bonds. The molecule has 5 nitrogen and oxygen atoms in total. The Morgan fingerprint density at radius 2 is 2.12 bits per heavy atom. The average Bonchev–Trinajstić information content (AvgIpc) is 2.23. The molecule has 1 N–H and O–H groups in total. The zero-order valence-corrected chi connectivity index (χ0v) is 10.3. The lowest BCUT2D eigenvalue weighted by molar-refractivity contribution is 0.0870. The van der Waals surface area contributed by atoms with E-state index >= 15 is 0 Å². The second-order valence-electron chi connectivity index (χ2n) is 3.69. The van der Waals surface area contributed by atoms with Crippen molar-refractivity contribution < 1.29 is 9.47 Å². The Morgan fingerprint density at radius 3 is 2.75 bits per heavy atom. The molecule has 90 valence electrons. The van der Waals surface area contributed by atoms with Gasteiger partial charge in [-0.2, -0.15) is 4.98 Å². The van der Waals surface area contributed by atoms with E-state index in [1.165, 1.54) is 0 Å². The van der Waals surface area contributed by atoms with Crippen LogP contribution in [0.3, 0.4) is 0 Å². The molecule has 0 unspecified atom stereocenters. The minimum Gasteiger partial charge on any atom is -0.481 e. The molecule has 1 aromatic heterocycles. The molecule has 16 heavy (non-hydrogen) atoms. The summed E-state index contributed by atoms with van der Waals surface area (Å²) in [6.45, 7) is 7.23. The van der Waals surface area contributed by atoms with Crippen molar-refractivity contribution in [2.75, 3.05) is 25.6 Å². The van der Waals surface area contributed by atoms with Crippen molar-refractivity contribution in [3.8, 4) is 5.88 Å². The fraction of sp³-hybridized carbons (Fsp3) is 0.636. The van der Waals surface area contributed by atoms with Crippen LogP contribution >= 0.6 is 0 Å². The highest BCUT2D eigenvalue weighted by molar-refractivity contribution is 5.38. The number of nitrogens with one attached hydrogen (secondary N) is 1. The van der Waals surface area contributed by atoms with Crippen molar-refractivity contribution in [2.24, 2.45) is 0 Å². The summed E-state index contributed by atoms with van der Waals surface area (Å²) in [5.74, 6) is 2.02. The van der Waals surface area contributed by atoms with Crippen molar-refractivity contribution in [2.45, 2.75) is 26.9 Å². The van der Waals surface area contributed by atoms with Crippen LogP contribution < -0.4 is 10.1 Å². The highest BCUT2D eigenvalue weighted by Gasteiger charge is 2.01. The molecule has 0 atom stereocenters. The Kier molecular flexibility index (Phi) is 4.98. The number of ether oxygens (including phenoxy) is 2. The Bertz CT molecular complexity index is 329. The maximum atomic E-state index is 5.41. The van der Waals surface area contributed by atoms with E-state index in [-0.39, 0.29) is 6.10 Å². The molecule has 0 saturated carbocycles. The van der Waals surface area contributed by atoms with E-state index in [2.05, 4.69) is 15.3 Å². The largest absolute Gasteiger partial charge is 0.481 e. The number of rotatable bonds is 6. The van der Waals surface area contributed by atoms with E-state index in [4.69, 9.17) is 9.47 Å². The van der Waals surface area contributed by atoms with E-state index in [0.29, 0.717) is 18.3 Å². The molecule has 0 aliphatic carbocycles. The molecular weight excluding hydrogens is 206 g/mol. The van der Waals surface area contributed by atoms with Gasteiger partial charge in [-0.15, -0.1) is 0 Å². The molecule has 5 heteroatoms. The lowest BCUT2D eigenvalue weighted by Gasteiger charge is -2.10. The molecule has 1 rings (SSSR count). The summed E-state index contributed by atoms with van der Waals surface area (Å²) in [5, 5.41) is 3.16. The van der Waals surface area contributed by atoms with Gasteiger partial charge >= 0.3 is 0 Å². The number of aromatic nitrogens is 2. The summed E-state index contributed by atoms with van der Waals surface area (Å²) in [6, 6.07) is 1.77. The number of methoxy groups -OCH3 is 1. The van der Waals surface area contributed by atoms with Crippen molar-refractivity contribution in [1.29, 1.82) is 0 Å². The third kappa shape index (κ3) is 4.44. The standard InChI is InChI=1S/C11H19N3O2/c1-8(2)16-6-5-12-10-7-11(15-4)14-9(3)13-10/h7-8H,5-6H2,1-4H3,(H,12,13,14). The predicted octanol–water partition coefficient (Wildman–Crippen LogP) is 1.63. The van der Waals surface area contributed by atoms with Crippen LogP contribution in [0.25, 0.3) is 0 Å². The Balaban J connectivity index is 2.44. The monoisotopic (exact) mass is 225 g/mol. The highest BCUT2D eigenvalue weighted by atomic mass is 16.5. The first-order valence-corrected chi connectivity index (χ1v) is 5.37. The molecule has 0 saturated heterocycles. The second kappa shape index (κ2) is 6.27. The lowest BCUT2D eigenvalue weighted by Crippen LogP contribution is -2.14. The van der Waals surface area contributed by atoms with Crippen molar-refractivity contribution >= 4 is 5.82 Å². The zero-order valence-electron chi connectivity index (χ0n) is 10.3. The summed E-state index contributed by atoms with van der Waals surface area (Å²) in [4.78, 5) is 8.34. The third-order valence-corrected chi connectivity index (χ3v) is 1.88. The molecule has 0 spiro atoms. The van der Waals surface area contributed by atoms with Gasteiger partial charge in [-0.05, 0) is 20.8 Å². The van der Waals surface area contributed by atoms with Gasteiger partial charge in [0.25, 0.3) is 0 Å². The van der Waals surface area contributed by atoms with Gasteiger partial charge in [0.2, 0.25) is 5.88 Å². The van der Waals surface area contributed by atoms with Crippen LogP contribution in [0.5, 0.6) is 5.88 Å². The van der Waals surface area contributed by atoms with E-state index in [0.717, 1.165) is 12.4 Å². The molecule has 0 aliphatic heterocycles. The van der Waals surface area contributed by atoms with Crippen LogP contribution in [-0.2, 0) is 4.74 Å². The number of aryl methyl sites for hydroxylation is 1. The van der Waals surface area contributed by atoms with Gasteiger partial charge in [-0.3, -0.25) is 0 Å². The predicted molar refractivity (Wildman–Crippen MR) is 62.9 cm³/mol. The zero-order chi connectivity index (χ0) is 12.0. The topological polar surface area (TPSA) is 56.3 Å². The van der Waals surface area contributed by atoms with Crippen LogP contribution in [0.4, 0.5) is 5.82 Å². The molecular formula is C11H19N3O2. The minimum atomic E-state index is 0.253. The number of nitrogens with zero attached hydrogens (tertiary/aromatic N) is 2. The van der Waals surface area contributed by atoms with Gasteiger partial charge in [0.05, 0.1) is 19.8 Å². The van der Waals surface area contributed by atoms with Crippen molar-refractivity contribution in [1.82, 2.24) is 9.97 Å². The first kappa shape index (κ1) is 12.7. The van der Waals surface area contributed by atoms with E-state index < -0.39 is 0 Å². The highest BCUT2D eigenvalue weighted by Crippen LogP contribution is 2.12. The lowest BCUT2D eigenvalue weighted by atomic mass is 10.5. The fourth-order valence-corrected chi connectivity index (χ4v) is 1.21. The molecule has 0 bridgehead atoms. The van der Waals surface area contributed by atoms with E-state index in [1.807, 2.05) is 20.8 Å². The van der Waals surface area contributed by atoms with Gasteiger partial charge in [-0.25, -0.2) is 4.98 Å². The van der Waals surface area contributed by atoms with Gasteiger partial charge in [0, 0.05) is 12.6 Å². The van der Waals surface area contributed by atoms with Crippen LogP contribution in [0.2, 0.25) is 0 Å². The summed E-state index contributed by atoms with van der Waals surface area (Å²) in [6.07, 6.45) is 0.253. The normalized spacial score (nSPS) is 10.6. The molecule has 0 fully saturated rings. The van der Waals surface area contributed by atoms with E-state index in [1.54, 1.807) is 13.2 Å². The van der Waals surface area contributed by atoms with Gasteiger partial charge in [-0.1, -0.05) is 0 Å². The summed E-state index contributed by atoms with van der Waals surface area (Å²) in [5.41, 5.74) is 0. The summed E-state index contributed by atoms with van der Waals surface area (Å²) in [7, 11) is 1.59. The average molecular weight is 225 g/mol. The quantitative estimate of drug-likeness (QED) is 0.746. The Morgan fingerprint density at radius 1 is 1.38 bits per heavy atom. The Labute approximate surface area is 96.2 Å². The first-order valence-electron chi connectivity index (χ1n) is 5.37. The number of hydrogen-bond acceptors (Lipinski definition) is 5. The molecule has 0 aromatic carbocycles. The fourth-order valence-electron chi connectivity index (χ4n) is 1.21. The molecule has 0 radical (unpaired) electrons.